The number of fused-ring (bicyclic) bond motifs is 3. The van der Waals surface area contributed by atoms with Crippen molar-refractivity contribution in [3.05, 3.63) is 72.1 Å². The molecule has 4 rings (SSSR count). The summed E-state index contributed by atoms with van der Waals surface area (Å²) in [4.78, 5) is 20.7. The Bertz CT molecular complexity index is 1040. The van der Waals surface area contributed by atoms with Gasteiger partial charge in [-0.15, -0.1) is 0 Å². The first kappa shape index (κ1) is 14.4. The topological polar surface area (TPSA) is 56.5 Å². The number of ether oxygens (including phenoxy) is 1. The minimum atomic E-state index is -0.369. The second kappa shape index (κ2) is 5.77. The first-order valence-corrected chi connectivity index (χ1v) is 7.70. The van der Waals surface area contributed by atoms with Crippen molar-refractivity contribution in [1.29, 1.82) is 0 Å². The number of aromatic nitrogens is 3. The monoisotopic (exact) mass is 317 g/mol. The molecular formula is C19H15N3O2. The average molecular weight is 317 g/mol. The molecule has 5 nitrogen and oxygen atoms in total. The van der Waals surface area contributed by atoms with E-state index in [0.29, 0.717) is 17.9 Å². The Morgan fingerprint density at radius 2 is 1.83 bits per heavy atom. The van der Waals surface area contributed by atoms with Crippen LogP contribution in [0.4, 0.5) is 0 Å². The molecule has 0 bridgehead atoms. The van der Waals surface area contributed by atoms with Gasteiger partial charge in [-0.25, -0.2) is 4.98 Å². The predicted octanol–water partition coefficient (Wildman–Crippen LogP) is 3.40. The molecule has 0 unspecified atom stereocenters. The van der Waals surface area contributed by atoms with Gasteiger partial charge in [-0.05, 0) is 17.7 Å². The van der Waals surface area contributed by atoms with Gasteiger partial charge in [0.1, 0.15) is 5.69 Å². The minimum absolute atomic E-state index is 0.369. The van der Waals surface area contributed by atoms with Gasteiger partial charge in [0.2, 0.25) is 5.88 Å². The predicted molar refractivity (Wildman–Crippen MR) is 91.1 cm³/mol. The maximum atomic E-state index is 11.6. The number of carbonyl (C=O) groups is 1. The Kier molecular flexibility index (Phi) is 3.46. The second-order valence-electron chi connectivity index (χ2n) is 5.56. The molecule has 0 radical (unpaired) electrons. The fourth-order valence-corrected chi connectivity index (χ4v) is 2.82. The van der Waals surface area contributed by atoms with E-state index in [9.17, 15) is 4.79 Å². The van der Waals surface area contributed by atoms with Crippen LogP contribution in [-0.4, -0.2) is 20.3 Å². The fourth-order valence-electron chi connectivity index (χ4n) is 2.82. The summed E-state index contributed by atoms with van der Waals surface area (Å²) in [6.07, 6.45) is 2.28. The van der Waals surface area contributed by atoms with Gasteiger partial charge in [0, 0.05) is 13.3 Å². The van der Waals surface area contributed by atoms with Crippen LogP contribution in [0.3, 0.4) is 0 Å². The van der Waals surface area contributed by atoms with Gasteiger partial charge >= 0.3 is 5.97 Å². The summed E-state index contributed by atoms with van der Waals surface area (Å²) in [7, 11) is 0. The van der Waals surface area contributed by atoms with E-state index in [2.05, 4.69) is 9.97 Å². The molecule has 118 valence electrons. The number of imidazole rings is 1. The summed E-state index contributed by atoms with van der Waals surface area (Å²) in [5.74, 6) is 0.0898. The third-order valence-electron chi connectivity index (χ3n) is 3.83. The smallest absolute Gasteiger partial charge is 0.309 e. The van der Waals surface area contributed by atoms with Crippen LogP contribution >= 0.6 is 0 Å². The van der Waals surface area contributed by atoms with Gasteiger partial charge in [0.15, 0.2) is 5.65 Å². The Morgan fingerprint density at radius 1 is 1.08 bits per heavy atom. The lowest BCUT2D eigenvalue weighted by Gasteiger charge is -2.07. The van der Waals surface area contributed by atoms with Gasteiger partial charge in [-0.2, -0.15) is 0 Å². The van der Waals surface area contributed by atoms with E-state index in [4.69, 9.17) is 4.74 Å². The molecule has 0 aliphatic rings. The summed E-state index contributed by atoms with van der Waals surface area (Å²) in [5.41, 5.74) is 4.16. The summed E-state index contributed by atoms with van der Waals surface area (Å²) in [6, 6.07) is 17.7. The average Bonchev–Trinajstić information content (AvgIpc) is 2.93. The highest BCUT2D eigenvalue weighted by atomic mass is 16.5. The summed E-state index contributed by atoms with van der Waals surface area (Å²) in [6.45, 7) is 1.40. The number of esters is 1. The molecule has 2 aromatic heterocycles. The highest BCUT2D eigenvalue weighted by molar-refractivity contribution is 5.79. The van der Waals surface area contributed by atoms with Crippen LogP contribution in [0.25, 0.3) is 16.7 Å². The van der Waals surface area contributed by atoms with E-state index in [-0.39, 0.29) is 5.97 Å². The number of nitrogens with zero attached hydrogens (tertiary/aromatic N) is 3. The molecule has 0 aliphatic heterocycles. The van der Waals surface area contributed by atoms with Crippen molar-refractivity contribution < 1.29 is 9.53 Å². The van der Waals surface area contributed by atoms with Crippen LogP contribution in [0.5, 0.6) is 5.88 Å². The van der Waals surface area contributed by atoms with Crippen LogP contribution in [0, 0.1) is 0 Å². The zero-order chi connectivity index (χ0) is 16.5. The van der Waals surface area contributed by atoms with Crippen LogP contribution in [-0.2, 0) is 11.2 Å². The Morgan fingerprint density at radius 3 is 2.62 bits per heavy atom. The van der Waals surface area contributed by atoms with Crippen molar-refractivity contribution in [3.63, 3.8) is 0 Å². The minimum Gasteiger partial charge on any atom is -0.407 e. The standard InChI is InChI=1S/C19H15N3O2/c1-13(23)24-19-16(11-14-7-3-2-4-8-14)21-18-12-20-15-9-5-6-10-17(15)22(18)19/h2-10,12H,11H2,1H3. The summed E-state index contributed by atoms with van der Waals surface area (Å²) in [5, 5.41) is 0. The maximum absolute atomic E-state index is 11.6. The van der Waals surface area contributed by atoms with Crippen LogP contribution in [0.2, 0.25) is 0 Å². The molecular weight excluding hydrogens is 302 g/mol. The lowest BCUT2D eigenvalue weighted by atomic mass is 10.1. The lowest BCUT2D eigenvalue weighted by molar-refractivity contribution is -0.132. The van der Waals surface area contributed by atoms with Gasteiger partial charge in [0.05, 0.1) is 17.2 Å². The second-order valence-corrected chi connectivity index (χ2v) is 5.56. The molecule has 0 fully saturated rings. The van der Waals surface area contributed by atoms with Crippen molar-refractivity contribution in [1.82, 2.24) is 14.4 Å². The third-order valence-corrected chi connectivity index (χ3v) is 3.83. The van der Waals surface area contributed by atoms with Crippen molar-refractivity contribution in [3.8, 4) is 5.88 Å². The van der Waals surface area contributed by atoms with Crippen molar-refractivity contribution in [2.45, 2.75) is 13.3 Å². The first-order valence-electron chi connectivity index (χ1n) is 7.70. The molecule has 0 N–H and O–H groups in total. The largest absolute Gasteiger partial charge is 0.407 e. The van der Waals surface area contributed by atoms with E-state index in [1.807, 2.05) is 59.0 Å². The van der Waals surface area contributed by atoms with E-state index >= 15 is 0 Å². The Hall–Kier alpha value is -3.21. The zero-order valence-electron chi connectivity index (χ0n) is 13.1. The number of carbonyl (C=O) groups excluding carboxylic acids is 1. The van der Waals surface area contributed by atoms with Crippen molar-refractivity contribution >= 4 is 22.6 Å². The van der Waals surface area contributed by atoms with Gasteiger partial charge in [-0.3, -0.25) is 14.2 Å². The number of para-hydroxylation sites is 2. The molecule has 0 saturated carbocycles. The number of hydrogen-bond acceptors (Lipinski definition) is 4. The summed E-state index contributed by atoms with van der Waals surface area (Å²) < 4.78 is 7.36. The van der Waals surface area contributed by atoms with Crippen molar-refractivity contribution in [2.75, 3.05) is 0 Å². The van der Waals surface area contributed by atoms with E-state index in [0.717, 1.165) is 22.3 Å². The number of rotatable bonds is 3. The third kappa shape index (κ3) is 2.50. The van der Waals surface area contributed by atoms with Crippen LogP contribution < -0.4 is 4.74 Å². The SMILES string of the molecule is CC(=O)Oc1c(Cc2ccccc2)nc2cnc3ccccc3n12. The molecule has 0 spiro atoms. The van der Waals surface area contributed by atoms with E-state index in [1.54, 1.807) is 6.20 Å². The quantitative estimate of drug-likeness (QED) is 0.543. The molecule has 24 heavy (non-hydrogen) atoms. The first-order chi connectivity index (χ1) is 11.7. The molecule has 4 aromatic rings. The molecule has 2 heterocycles. The highest BCUT2D eigenvalue weighted by Crippen LogP contribution is 2.27. The van der Waals surface area contributed by atoms with Crippen molar-refractivity contribution in [2.24, 2.45) is 0 Å². The molecule has 0 atom stereocenters. The zero-order valence-corrected chi connectivity index (χ0v) is 13.1. The Balaban J connectivity index is 1.95. The number of benzene rings is 2. The number of hydrogen-bond donors (Lipinski definition) is 0. The summed E-state index contributed by atoms with van der Waals surface area (Å²) >= 11 is 0. The maximum Gasteiger partial charge on any atom is 0.309 e. The lowest BCUT2D eigenvalue weighted by Crippen LogP contribution is -2.06. The van der Waals surface area contributed by atoms with E-state index < -0.39 is 0 Å². The molecule has 2 aromatic carbocycles. The normalized spacial score (nSPS) is 11.0. The molecule has 0 aliphatic carbocycles. The van der Waals surface area contributed by atoms with Gasteiger partial charge in [-0.1, -0.05) is 42.5 Å². The van der Waals surface area contributed by atoms with Gasteiger partial charge in [0.25, 0.3) is 0 Å². The molecule has 0 saturated heterocycles. The van der Waals surface area contributed by atoms with E-state index in [1.165, 1.54) is 6.92 Å². The van der Waals surface area contributed by atoms with Crippen LogP contribution in [0.1, 0.15) is 18.2 Å². The Labute approximate surface area is 138 Å². The fraction of sp³-hybridized carbons (Fsp3) is 0.105. The van der Waals surface area contributed by atoms with Gasteiger partial charge < -0.3 is 4.74 Å². The van der Waals surface area contributed by atoms with Crippen LogP contribution in [0.15, 0.2) is 60.8 Å². The highest BCUT2D eigenvalue weighted by Gasteiger charge is 2.18. The molecule has 5 heteroatoms. The molecule has 0 amide bonds.